The fourth-order valence-corrected chi connectivity index (χ4v) is 21.5. The third-order valence-electron chi connectivity index (χ3n) is 3.38. The maximum absolute atomic E-state index is 4.77. The van der Waals surface area contributed by atoms with E-state index in [2.05, 4.69) is 141 Å². The first kappa shape index (κ1) is 51.6. The van der Waals surface area contributed by atoms with Crippen LogP contribution in [0, 0.1) is 0 Å². The summed E-state index contributed by atoms with van der Waals surface area (Å²) >= 11 is 3.50. The summed E-state index contributed by atoms with van der Waals surface area (Å²) in [5, 5.41) is 0. The van der Waals surface area contributed by atoms with Crippen molar-refractivity contribution in [3.8, 4) is 0 Å². The van der Waals surface area contributed by atoms with E-state index < -0.39 is 19.2 Å². The summed E-state index contributed by atoms with van der Waals surface area (Å²) in [5.41, 5.74) is 0. The Morgan fingerprint density at radius 3 is 0.824 bits per heavy atom. The Balaban J connectivity index is -0.0000000810. The summed E-state index contributed by atoms with van der Waals surface area (Å²) in [6.45, 7) is 21.6. The van der Waals surface area contributed by atoms with Gasteiger partial charge in [0.15, 0.2) is 0 Å². The van der Waals surface area contributed by atoms with Gasteiger partial charge in [-0.1, -0.05) is 0 Å². The SMILES string of the molecule is CC[N](C)[SnH].C[CH](C)[SnH].C[C](C)(C)[SnH].C[N](C)[SnH].C[N](C)[Sn]([N](C)C)([N](C)C)[C](C)(C)C.[Cl][SnH]. The summed E-state index contributed by atoms with van der Waals surface area (Å²) in [4.78, 5) is 0. The molecule has 0 rings (SSSR count). The second kappa shape index (κ2) is 29.4. The summed E-state index contributed by atoms with van der Waals surface area (Å²) in [7, 11) is 24.3. The normalized spacial score (nSPS) is 11.5. The number of nitrogens with zero attached hydrogens (tertiary/aromatic N) is 5. The van der Waals surface area contributed by atoms with Crippen LogP contribution in [0.3, 0.4) is 0 Å². The monoisotopic (exact) mass is 1150 g/mol. The first-order chi connectivity index (χ1) is 14.8. The molecule has 12 heteroatoms. The van der Waals surface area contributed by atoms with Crippen LogP contribution < -0.4 is 0 Å². The Morgan fingerprint density at radius 1 is 0.706 bits per heavy atom. The van der Waals surface area contributed by atoms with Crippen molar-refractivity contribution in [3.05, 3.63) is 0 Å². The fourth-order valence-electron chi connectivity index (χ4n) is 3.21. The molecule has 0 aromatic heterocycles. The molecule has 0 aliphatic heterocycles. The molecule has 0 aromatic carbocycles. The summed E-state index contributed by atoms with van der Waals surface area (Å²) in [5.74, 6) is 0. The molecule has 0 heterocycles. The van der Waals surface area contributed by atoms with E-state index in [9.17, 15) is 0 Å². The minimum absolute atomic E-state index is 0.366. The Kier molecular flexibility index (Phi) is 44.6. The standard InChI is InChI=1S/2C4H9.C3H8N.C3H7.4C2H6N.ClH.6Sn.5H/c2*1-4(2)3;1-3-4-2;5*1-3-2;;;;;;;;;;;;/h2*1-3H3;3H2,1-2H3;3H,1-2H3;4*1-2H3;1H;;;;;;;;;;;/q;;-1;;4*-1;;;;3*+1;+3;;;;;/p-1. The van der Waals surface area contributed by atoms with Crippen LogP contribution in [-0.2, 0) is 0 Å². The van der Waals surface area contributed by atoms with Gasteiger partial charge in [0.25, 0.3) is 0 Å². The number of rotatable bonds is 4. The molecule has 0 unspecified atom stereocenters. The number of hydrogen-bond donors (Lipinski definition) is 0. The molecule has 0 bridgehead atoms. The molecular weight excluding hydrogens is 1080 g/mol. The van der Waals surface area contributed by atoms with Gasteiger partial charge in [0.1, 0.15) is 0 Å². The van der Waals surface area contributed by atoms with Crippen molar-refractivity contribution in [2.75, 3.05) is 70.0 Å². The van der Waals surface area contributed by atoms with Gasteiger partial charge in [0, 0.05) is 0 Å². The van der Waals surface area contributed by atoms with Gasteiger partial charge >= 0.3 is 299 Å². The predicted octanol–water partition coefficient (Wildman–Crippen LogP) is 2.39. The van der Waals surface area contributed by atoms with Crippen LogP contribution in [0.4, 0.5) is 0 Å². The van der Waals surface area contributed by atoms with E-state index in [-0.39, 0.29) is 0 Å². The molecule has 0 aliphatic rings. The van der Waals surface area contributed by atoms with Crippen LogP contribution in [0.2, 0.25) is 10.8 Å². The van der Waals surface area contributed by atoms with Crippen LogP contribution in [0.25, 0.3) is 0 Å². The van der Waals surface area contributed by atoms with Gasteiger partial charge in [0.2, 0.25) is 0 Å². The minimum atomic E-state index is -2.58. The summed E-state index contributed by atoms with van der Waals surface area (Å²) < 4.78 is 13.8. The second-order valence-corrected chi connectivity index (χ2v) is 41.0. The average molecular weight is 1140 g/mol. The molecule has 0 fully saturated rings. The van der Waals surface area contributed by atoms with Gasteiger partial charge in [-0.25, -0.2) is 0 Å². The second-order valence-electron chi connectivity index (χ2n) is 11.2. The van der Waals surface area contributed by atoms with Gasteiger partial charge < -0.3 is 0 Å². The van der Waals surface area contributed by atoms with Crippen LogP contribution >= 0.6 is 8.92 Å². The van der Waals surface area contributed by atoms with E-state index in [1.54, 1.807) is 0 Å². The van der Waals surface area contributed by atoms with Crippen LogP contribution in [0.15, 0.2) is 0 Å². The summed E-state index contributed by atoms with van der Waals surface area (Å²) in [6, 6.07) is 0. The maximum atomic E-state index is 4.77. The molecule has 0 aliphatic carbocycles. The van der Waals surface area contributed by atoms with Gasteiger partial charge in [-0.05, 0) is 0 Å². The first-order valence-corrected chi connectivity index (χ1v) is 27.4. The summed E-state index contributed by atoms with van der Waals surface area (Å²) in [6.07, 6.45) is 0. The molecule has 0 amide bonds. The molecule has 206 valence electrons. The van der Waals surface area contributed by atoms with E-state index in [1.165, 1.54) is 97.2 Å². The number of hydrogen-bond acceptors (Lipinski definition) is 5. The predicted molar refractivity (Wildman–Crippen MR) is 175 cm³/mol. The third-order valence-corrected chi connectivity index (χ3v) is 20.8. The third kappa shape index (κ3) is 41.4. The van der Waals surface area contributed by atoms with E-state index in [1.807, 2.05) is 0 Å². The number of halogens is 1. The van der Waals surface area contributed by atoms with E-state index in [4.69, 9.17) is 8.92 Å². The Morgan fingerprint density at radius 2 is 0.824 bits per heavy atom. The quantitative estimate of drug-likeness (QED) is 0.402. The topological polar surface area (TPSA) is 16.2 Å². The van der Waals surface area contributed by atoms with Crippen molar-refractivity contribution in [3.63, 3.8) is 0 Å². The zero-order valence-electron chi connectivity index (χ0n) is 26.3. The molecule has 0 spiro atoms. The molecule has 0 atom stereocenters. The molecule has 0 aromatic rings. The zero-order valence-corrected chi connectivity index (χ0v) is 46.4. The van der Waals surface area contributed by atoms with Crippen molar-refractivity contribution in [1.82, 2.24) is 15.6 Å². The average Bonchev–Trinajstić information content (AvgIpc) is 2.52. The Hall–Kier alpha value is 4.88. The van der Waals surface area contributed by atoms with Gasteiger partial charge in [-0.15, -0.1) is 0 Å². The zero-order chi connectivity index (χ0) is 29.7. The molecule has 10 radical (unpaired) electrons. The van der Waals surface area contributed by atoms with Gasteiger partial charge in [-0.3, -0.25) is 0 Å². The van der Waals surface area contributed by atoms with Crippen molar-refractivity contribution in [2.24, 2.45) is 0 Å². The fraction of sp³-hybridized carbons (Fsp3) is 1.00. The first-order valence-electron chi connectivity index (χ1n) is 11.5. The molecule has 34 heavy (non-hydrogen) atoms. The van der Waals surface area contributed by atoms with Crippen LogP contribution in [-0.4, -0.2) is 217 Å². The Labute approximate surface area is 294 Å². The van der Waals surface area contributed by atoms with Crippen molar-refractivity contribution in [2.45, 2.75) is 73.1 Å². The van der Waals surface area contributed by atoms with Gasteiger partial charge in [0.05, 0.1) is 0 Å². The molecule has 0 N–H and O–H groups in total. The van der Waals surface area contributed by atoms with Crippen molar-refractivity contribution in [1.29, 1.82) is 0 Å². The van der Waals surface area contributed by atoms with Crippen LogP contribution in [0.1, 0.15) is 62.3 Å². The van der Waals surface area contributed by atoms with Crippen molar-refractivity contribution >= 4 is 140 Å². The molecule has 0 saturated heterocycles. The molecular formula is C22H62ClN5Sn6. The Bertz CT molecular complexity index is 361. The molecule has 0 saturated carbocycles. The van der Waals surface area contributed by atoms with E-state index in [0.29, 0.717) is 6.86 Å². The van der Waals surface area contributed by atoms with Crippen LogP contribution in [0.5, 0.6) is 0 Å². The van der Waals surface area contributed by atoms with E-state index >= 15 is 0 Å². The molecule has 5 nitrogen and oxygen atoms in total. The van der Waals surface area contributed by atoms with Gasteiger partial charge in [-0.2, -0.15) is 0 Å². The van der Waals surface area contributed by atoms with E-state index in [0.717, 1.165) is 25.3 Å². The van der Waals surface area contributed by atoms with Crippen molar-refractivity contribution < 1.29 is 0 Å².